The maximum atomic E-state index is 6.60. The molecule has 0 saturated heterocycles. The topological polar surface area (TPSA) is 9.23 Å². The van der Waals surface area contributed by atoms with Gasteiger partial charge in [0.2, 0.25) is 0 Å². The Balaban J connectivity index is 2.42. The van der Waals surface area contributed by atoms with E-state index in [9.17, 15) is 0 Å². The fourth-order valence-electron chi connectivity index (χ4n) is 2.59. The fraction of sp³-hybridized carbons (Fsp3) is 0.600. The van der Waals surface area contributed by atoms with Crippen molar-refractivity contribution in [2.24, 2.45) is 5.41 Å². The number of rotatable bonds is 2. The second-order valence-electron chi connectivity index (χ2n) is 5.74. The lowest BCUT2D eigenvalue weighted by Crippen LogP contribution is -2.11. The number of ether oxygens (including phenoxy) is 1. The molecule has 1 atom stereocenters. The molecule has 0 spiro atoms. The second kappa shape index (κ2) is 5.42. The molecule has 1 aliphatic rings. The summed E-state index contributed by atoms with van der Waals surface area (Å²) in [7, 11) is 0. The molecule has 18 heavy (non-hydrogen) atoms. The largest absolute Gasteiger partial charge is 0.494 e. The fourth-order valence-corrected chi connectivity index (χ4v) is 3.85. The van der Waals surface area contributed by atoms with E-state index in [0.717, 1.165) is 23.1 Å². The first-order chi connectivity index (χ1) is 8.43. The molecule has 0 aromatic heterocycles. The lowest BCUT2D eigenvalue weighted by atomic mass is 9.84. The van der Waals surface area contributed by atoms with E-state index in [2.05, 4.69) is 41.9 Å². The Morgan fingerprint density at radius 1 is 1.44 bits per heavy atom. The Morgan fingerprint density at radius 3 is 2.83 bits per heavy atom. The van der Waals surface area contributed by atoms with E-state index in [4.69, 9.17) is 16.3 Å². The Kier molecular flexibility index (Phi) is 4.28. The van der Waals surface area contributed by atoms with Crippen molar-refractivity contribution >= 4 is 27.5 Å². The van der Waals surface area contributed by atoms with Gasteiger partial charge in [0.1, 0.15) is 5.75 Å². The molecule has 0 N–H and O–H groups in total. The van der Waals surface area contributed by atoms with Gasteiger partial charge in [0.05, 0.1) is 12.0 Å². The molecule has 1 nitrogen and oxygen atoms in total. The van der Waals surface area contributed by atoms with E-state index < -0.39 is 0 Å². The normalized spacial score (nSPS) is 22.2. The molecular weight excluding hydrogens is 312 g/mol. The Bertz CT molecular complexity index is 442. The molecular formula is C15H20BrClO. The lowest BCUT2D eigenvalue weighted by molar-refractivity contribution is 0.313. The average Bonchev–Trinajstić information content (AvgIpc) is 2.37. The van der Waals surface area contributed by atoms with Crippen molar-refractivity contribution in [2.45, 2.75) is 45.4 Å². The molecule has 0 saturated carbocycles. The van der Waals surface area contributed by atoms with Crippen molar-refractivity contribution < 1.29 is 4.74 Å². The van der Waals surface area contributed by atoms with E-state index >= 15 is 0 Å². The molecule has 0 heterocycles. The molecule has 1 unspecified atom stereocenters. The van der Waals surface area contributed by atoms with Gasteiger partial charge in [-0.15, -0.1) is 11.6 Å². The van der Waals surface area contributed by atoms with Crippen molar-refractivity contribution in [3.63, 3.8) is 0 Å². The number of hydrogen-bond acceptors (Lipinski definition) is 1. The summed E-state index contributed by atoms with van der Waals surface area (Å²) in [5, 5.41) is 0.0780. The quantitative estimate of drug-likeness (QED) is 0.514. The first kappa shape index (κ1) is 14.2. The Morgan fingerprint density at radius 2 is 2.17 bits per heavy atom. The second-order valence-corrected chi connectivity index (χ2v) is 7.12. The lowest BCUT2D eigenvalue weighted by Gasteiger charge is -2.23. The molecule has 0 fully saturated rings. The van der Waals surface area contributed by atoms with Crippen LogP contribution in [0.4, 0.5) is 0 Å². The zero-order valence-electron chi connectivity index (χ0n) is 11.2. The Hall–Kier alpha value is -0.210. The minimum atomic E-state index is 0.0780. The van der Waals surface area contributed by atoms with Crippen molar-refractivity contribution in [3.05, 3.63) is 27.7 Å². The number of hydrogen-bond donors (Lipinski definition) is 0. The van der Waals surface area contributed by atoms with Crippen molar-refractivity contribution in [2.75, 3.05) is 6.61 Å². The van der Waals surface area contributed by atoms with Crippen LogP contribution in [0.1, 0.15) is 50.1 Å². The van der Waals surface area contributed by atoms with Crippen LogP contribution >= 0.6 is 27.5 Å². The SMILES string of the molecule is CCOc1cc(Br)c2c(c1)C(Cl)CC(C)(C)CC2. The summed E-state index contributed by atoms with van der Waals surface area (Å²) in [6.45, 7) is 7.28. The third-order valence-electron chi connectivity index (χ3n) is 3.64. The first-order valence-electron chi connectivity index (χ1n) is 6.52. The maximum Gasteiger partial charge on any atom is 0.120 e. The first-order valence-corrected chi connectivity index (χ1v) is 7.75. The third-order valence-corrected chi connectivity index (χ3v) is 4.73. The predicted molar refractivity (Wildman–Crippen MR) is 80.6 cm³/mol. The molecule has 100 valence electrons. The van der Waals surface area contributed by atoms with Crippen LogP contribution in [-0.4, -0.2) is 6.61 Å². The highest BCUT2D eigenvalue weighted by atomic mass is 79.9. The summed E-state index contributed by atoms with van der Waals surface area (Å²) in [6.07, 6.45) is 3.28. The number of alkyl halides is 1. The smallest absolute Gasteiger partial charge is 0.120 e. The summed E-state index contributed by atoms with van der Waals surface area (Å²) in [5.74, 6) is 0.911. The summed E-state index contributed by atoms with van der Waals surface area (Å²) in [5.41, 5.74) is 2.89. The van der Waals surface area contributed by atoms with E-state index in [-0.39, 0.29) is 5.38 Å². The maximum absolute atomic E-state index is 6.60. The monoisotopic (exact) mass is 330 g/mol. The van der Waals surface area contributed by atoms with Crippen LogP contribution in [0.2, 0.25) is 0 Å². The zero-order chi connectivity index (χ0) is 13.3. The minimum absolute atomic E-state index is 0.0780. The summed E-state index contributed by atoms with van der Waals surface area (Å²) in [4.78, 5) is 0. The van der Waals surface area contributed by atoms with Crippen molar-refractivity contribution in [1.29, 1.82) is 0 Å². The van der Waals surface area contributed by atoms with Crippen LogP contribution in [0.15, 0.2) is 16.6 Å². The number of halogens is 2. The molecule has 0 aliphatic heterocycles. The molecule has 1 aromatic rings. The number of benzene rings is 1. The van der Waals surface area contributed by atoms with Gasteiger partial charge in [-0.1, -0.05) is 29.8 Å². The van der Waals surface area contributed by atoms with Crippen LogP contribution in [-0.2, 0) is 6.42 Å². The molecule has 1 aromatic carbocycles. The highest BCUT2D eigenvalue weighted by Gasteiger charge is 2.29. The van der Waals surface area contributed by atoms with E-state index in [1.54, 1.807) is 0 Å². The van der Waals surface area contributed by atoms with Gasteiger partial charge in [0, 0.05) is 4.47 Å². The van der Waals surface area contributed by atoms with Gasteiger partial charge in [-0.2, -0.15) is 0 Å². The zero-order valence-corrected chi connectivity index (χ0v) is 13.6. The molecule has 0 radical (unpaired) electrons. The molecule has 2 rings (SSSR count). The van der Waals surface area contributed by atoms with Crippen molar-refractivity contribution in [1.82, 2.24) is 0 Å². The van der Waals surface area contributed by atoms with Gasteiger partial charge in [-0.25, -0.2) is 0 Å². The number of fused-ring (bicyclic) bond motifs is 1. The van der Waals surface area contributed by atoms with Crippen LogP contribution in [0.25, 0.3) is 0 Å². The molecule has 0 bridgehead atoms. The highest BCUT2D eigenvalue weighted by Crippen LogP contribution is 2.45. The van der Waals surface area contributed by atoms with Gasteiger partial charge in [0.25, 0.3) is 0 Å². The molecule has 1 aliphatic carbocycles. The van der Waals surface area contributed by atoms with Gasteiger partial charge in [-0.05, 0) is 54.9 Å². The van der Waals surface area contributed by atoms with E-state index in [1.165, 1.54) is 17.5 Å². The summed E-state index contributed by atoms with van der Waals surface area (Å²) in [6, 6.07) is 4.17. The van der Waals surface area contributed by atoms with Gasteiger partial charge >= 0.3 is 0 Å². The van der Waals surface area contributed by atoms with E-state index in [1.807, 2.05) is 6.92 Å². The standard InChI is InChI=1S/C15H20BrClO/c1-4-18-10-7-12-11(13(16)8-10)5-6-15(2,3)9-14(12)17/h7-8,14H,4-6,9H2,1-3H3. The summed E-state index contributed by atoms with van der Waals surface area (Å²) >= 11 is 10.3. The minimum Gasteiger partial charge on any atom is -0.494 e. The average molecular weight is 332 g/mol. The molecule has 0 amide bonds. The predicted octanol–water partition coefficient (Wildman–Crippen LogP) is 5.49. The van der Waals surface area contributed by atoms with Gasteiger partial charge in [-0.3, -0.25) is 0 Å². The highest BCUT2D eigenvalue weighted by molar-refractivity contribution is 9.10. The third kappa shape index (κ3) is 3.03. The van der Waals surface area contributed by atoms with Crippen LogP contribution in [0.3, 0.4) is 0 Å². The van der Waals surface area contributed by atoms with Crippen LogP contribution in [0.5, 0.6) is 5.75 Å². The van der Waals surface area contributed by atoms with Crippen LogP contribution < -0.4 is 4.74 Å². The van der Waals surface area contributed by atoms with E-state index in [0.29, 0.717) is 12.0 Å². The summed E-state index contributed by atoms with van der Waals surface area (Å²) < 4.78 is 6.74. The van der Waals surface area contributed by atoms with Gasteiger partial charge in [0.15, 0.2) is 0 Å². The Labute approximate surface area is 123 Å². The van der Waals surface area contributed by atoms with Crippen LogP contribution in [0, 0.1) is 5.41 Å². The molecule has 3 heteroatoms. The van der Waals surface area contributed by atoms with Gasteiger partial charge < -0.3 is 4.74 Å². The van der Waals surface area contributed by atoms with Crippen molar-refractivity contribution in [3.8, 4) is 5.75 Å².